The zero-order chi connectivity index (χ0) is 26.1. The standard InChI is InChI=1S/C29H30F2N6O/c1-18-28(23-4-2-3-7-33-23)36-25-15-20(30)14-22(31)27(25)29(18)35-24-16-26(37-10-12-38-13-11-37)34-17-21(24)19-5-8-32-9-6-19/h2-4,7,14-17,19,32H,5-6,8-13H2,1H3,(H,34,35,36). The summed E-state index contributed by atoms with van der Waals surface area (Å²) in [4.78, 5) is 16.1. The molecule has 9 heteroatoms. The lowest BCUT2D eigenvalue weighted by Crippen LogP contribution is -2.36. The summed E-state index contributed by atoms with van der Waals surface area (Å²) in [6.07, 6.45) is 5.62. The van der Waals surface area contributed by atoms with Crippen LogP contribution in [0.25, 0.3) is 22.3 Å². The Bertz CT molecular complexity index is 1450. The number of morpholine rings is 1. The van der Waals surface area contributed by atoms with Gasteiger partial charge in [-0.15, -0.1) is 0 Å². The highest BCUT2D eigenvalue weighted by atomic mass is 19.1. The maximum absolute atomic E-state index is 15.4. The average molecular weight is 517 g/mol. The summed E-state index contributed by atoms with van der Waals surface area (Å²) in [6.45, 7) is 6.59. The largest absolute Gasteiger partial charge is 0.378 e. The molecular weight excluding hydrogens is 486 g/mol. The molecule has 38 heavy (non-hydrogen) atoms. The van der Waals surface area contributed by atoms with Crippen LogP contribution in [0, 0.1) is 18.6 Å². The fourth-order valence-electron chi connectivity index (χ4n) is 5.44. The maximum atomic E-state index is 15.4. The van der Waals surface area contributed by atoms with Gasteiger partial charge in [0.1, 0.15) is 17.5 Å². The number of benzene rings is 1. The Balaban J connectivity index is 1.52. The molecule has 5 heterocycles. The van der Waals surface area contributed by atoms with Crippen LogP contribution in [0.3, 0.4) is 0 Å². The smallest absolute Gasteiger partial charge is 0.137 e. The summed E-state index contributed by atoms with van der Waals surface area (Å²) in [5, 5.41) is 7.26. The van der Waals surface area contributed by atoms with Gasteiger partial charge in [0.25, 0.3) is 0 Å². The fraction of sp³-hybridized carbons (Fsp3) is 0.345. The first-order valence-corrected chi connectivity index (χ1v) is 13.1. The van der Waals surface area contributed by atoms with E-state index in [2.05, 4.69) is 31.6 Å². The van der Waals surface area contributed by atoms with Gasteiger partial charge in [0, 0.05) is 54.9 Å². The Morgan fingerprint density at radius 3 is 2.63 bits per heavy atom. The zero-order valence-electron chi connectivity index (χ0n) is 21.3. The van der Waals surface area contributed by atoms with E-state index in [1.807, 2.05) is 31.3 Å². The first-order chi connectivity index (χ1) is 18.6. The molecule has 0 radical (unpaired) electrons. The van der Waals surface area contributed by atoms with E-state index in [9.17, 15) is 4.39 Å². The van der Waals surface area contributed by atoms with Gasteiger partial charge in [0.05, 0.1) is 41.2 Å². The van der Waals surface area contributed by atoms with Crippen LogP contribution in [0.15, 0.2) is 48.8 Å². The van der Waals surface area contributed by atoms with E-state index < -0.39 is 11.6 Å². The van der Waals surface area contributed by atoms with Crippen molar-refractivity contribution in [1.29, 1.82) is 0 Å². The van der Waals surface area contributed by atoms with Gasteiger partial charge in [-0.05, 0) is 56.5 Å². The minimum atomic E-state index is -0.668. The molecule has 3 aromatic heterocycles. The lowest BCUT2D eigenvalue weighted by molar-refractivity contribution is 0.122. The average Bonchev–Trinajstić information content (AvgIpc) is 2.95. The van der Waals surface area contributed by atoms with Gasteiger partial charge in [0.2, 0.25) is 0 Å². The van der Waals surface area contributed by atoms with E-state index in [0.29, 0.717) is 36.2 Å². The molecule has 2 fully saturated rings. The normalized spacial score (nSPS) is 16.7. The second-order valence-corrected chi connectivity index (χ2v) is 9.84. The molecule has 0 saturated carbocycles. The zero-order valence-corrected chi connectivity index (χ0v) is 21.3. The second kappa shape index (κ2) is 10.6. The third-order valence-corrected chi connectivity index (χ3v) is 7.45. The number of hydrogen-bond donors (Lipinski definition) is 2. The lowest BCUT2D eigenvalue weighted by atomic mass is 9.90. The Kier molecular flexibility index (Phi) is 6.86. The number of halogens is 2. The molecule has 4 aromatic rings. The number of nitrogens with zero attached hydrogens (tertiary/aromatic N) is 4. The van der Waals surface area contributed by atoms with E-state index in [1.54, 1.807) is 6.20 Å². The predicted octanol–water partition coefficient (Wildman–Crippen LogP) is 5.33. The fourth-order valence-corrected chi connectivity index (χ4v) is 5.44. The van der Waals surface area contributed by atoms with Gasteiger partial charge in [0.15, 0.2) is 0 Å². The van der Waals surface area contributed by atoms with E-state index in [1.165, 1.54) is 6.07 Å². The number of hydrogen-bond acceptors (Lipinski definition) is 7. The molecule has 0 amide bonds. The summed E-state index contributed by atoms with van der Waals surface area (Å²) in [6, 6.07) is 9.79. The molecule has 2 aliphatic heterocycles. The van der Waals surface area contributed by atoms with Gasteiger partial charge in [-0.3, -0.25) is 4.98 Å². The predicted molar refractivity (Wildman–Crippen MR) is 145 cm³/mol. The van der Waals surface area contributed by atoms with Crippen molar-refractivity contribution in [2.45, 2.75) is 25.7 Å². The molecular formula is C29H30F2N6O. The summed E-state index contributed by atoms with van der Waals surface area (Å²) in [7, 11) is 0. The Labute approximate surface area is 220 Å². The molecule has 0 unspecified atom stereocenters. The van der Waals surface area contributed by atoms with Gasteiger partial charge in [-0.1, -0.05) is 6.07 Å². The summed E-state index contributed by atoms with van der Waals surface area (Å²) in [5.41, 5.74) is 4.72. The Morgan fingerprint density at radius 2 is 1.87 bits per heavy atom. The minimum absolute atomic E-state index is 0.238. The number of aromatic nitrogens is 3. The summed E-state index contributed by atoms with van der Waals surface area (Å²) in [5.74, 6) is -0.161. The second-order valence-electron chi connectivity index (χ2n) is 9.84. The van der Waals surface area contributed by atoms with Crippen LogP contribution in [0.1, 0.15) is 29.9 Å². The molecule has 0 spiro atoms. The maximum Gasteiger partial charge on any atom is 0.137 e. The van der Waals surface area contributed by atoms with Crippen LogP contribution < -0.4 is 15.5 Å². The highest BCUT2D eigenvalue weighted by molar-refractivity contribution is 5.98. The van der Waals surface area contributed by atoms with Crippen molar-refractivity contribution in [2.24, 2.45) is 0 Å². The van der Waals surface area contributed by atoms with Crippen molar-refractivity contribution in [1.82, 2.24) is 20.3 Å². The van der Waals surface area contributed by atoms with E-state index in [0.717, 1.165) is 67.7 Å². The van der Waals surface area contributed by atoms with Crippen molar-refractivity contribution < 1.29 is 13.5 Å². The molecule has 0 bridgehead atoms. The molecule has 0 aliphatic carbocycles. The van der Waals surface area contributed by atoms with E-state index >= 15 is 4.39 Å². The Hall–Kier alpha value is -3.69. The molecule has 2 aliphatic rings. The highest BCUT2D eigenvalue weighted by Crippen LogP contribution is 2.40. The van der Waals surface area contributed by atoms with Crippen LogP contribution >= 0.6 is 0 Å². The Morgan fingerprint density at radius 1 is 1.05 bits per heavy atom. The van der Waals surface area contributed by atoms with Crippen molar-refractivity contribution in [2.75, 3.05) is 49.6 Å². The number of pyridine rings is 3. The van der Waals surface area contributed by atoms with E-state index in [4.69, 9.17) is 9.72 Å². The monoisotopic (exact) mass is 516 g/mol. The molecule has 1 aromatic carbocycles. The molecule has 7 nitrogen and oxygen atoms in total. The van der Waals surface area contributed by atoms with E-state index in [-0.39, 0.29) is 10.9 Å². The first-order valence-electron chi connectivity index (χ1n) is 13.1. The molecule has 196 valence electrons. The topological polar surface area (TPSA) is 75.2 Å². The van der Waals surface area contributed by atoms with Crippen molar-refractivity contribution >= 4 is 28.1 Å². The molecule has 2 saturated heterocycles. The number of piperidine rings is 1. The van der Waals surface area contributed by atoms with Gasteiger partial charge >= 0.3 is 0 Å². The summed E-state index contributed by atoms with van der Waals surface area (Å²) >= 11 is 0. The third kappa shape index (κ3) is 4.79. The van der Waals surface area contributed by atoms with Gasteiger partial charge < -0.3 is 20.3 Å². The quantitative estimate of drug-likeness (QED) is 0.372. The van der Waals surface area contributed by atoms with Crippen LogP contribution in [-0.4, -0.2) is 54.3 Å². The van der Waals surface area contributed by atoms with Crippen LogP contribution in [0.4, 0.5) is 26.0 Å². The molecule has 6 rings (SSSR count). The highest BCUT2D eigenvalue weighted by Gasteiger charge is 2.24. The first kappa shape index (κ1) is 24.6. The lowest BCUT2D eigenvalue weighted by Gasteiger charge is -2.30. The number of rotatable bonds is 5. The number of anilines is 3. The molecule has 2 N–H and O–H groups in total. The number of nitrogens with one attached hydrogen (secondary N) is 2. The van der Waals surface area contributed by atoms with Crippen molar-refractivity contribution in [3.05, 3.63) is 71.6 Å². The number of ether oxygens (including phenoxy) is 1. The van der Waals surface area contributed by atoms with Crippen LogP contribution in [0.5, 0.6) is 0 Å². The van der Waals surface area contributed by atoms with Crippen molar-refractivity contribution in [3.8, 4) is 11.4 Å². The van der Waals surface area contributed by atoms with Crippen molar-refractivity contribution in [3.63, 3.8) is 0 Å². The van der Waals surface area contributed by atoms with Crippen LogP contribution in [0.2, 0.25) is 0 Å². The van der Waals surface area contributed by atoms with Gasteiger partial charge in [-0.25, -0.2) is 18.7 Å². The summed E-state index contributed by atoms with van der Waals surface area (Å²) < 4.78 is 35.2. The molecule has 0 atom stereocenters. The SMILES string of the molecule is Cc1c(-c2ccccn2)nc2cc(F)cc(F)c2c1Nc1cc(N2CCOCC2)ncc1C1CCNCC1. The third-order valence-electron chi connectivity index (χ3n) is 7.45. The van der Waals surface area contributed by atoms with Gasteiger partial charge in [-0.2, -0.15) is 0 Å². The van der Waals surface area contributed by atoms with Crippen LogP contribution in [-0.2, 0) is 4.74 Å². The minimum Gasteiger partial charge on any atom is -0.378 e. The number of fused-ring (bicyclic) bond motifs is 1.